The first-order valence-corrected chi connectivity index (χ1v) is 12.9. The van der Waals surface area contributed by atoms with Crippen molar-refractivity contribution in [3.8, 4) is 5.75 Å². The number of benzene rings is 2. The average Bonchev–Trinajstić information content (AvgIpc) is 2.88. The number of hydrogen-bond acceptors (Lipinski definition) is 5. The quantitative estimate of drug-likeness (QED) is 0.538. The van der Waals surface area contributed by atoms with Crippen molar-refractivity contribution in [2.24, 2.45) is 5.92 Å². The fourth-order valence-corrected chi connectivity index (χ4v) is 4.32. The molecule has 1 aromatic heterocycles. The molecule has 6 nitrogen and oxygen atoms in total. The fraction of sp³-hybridized carbons (Fsp3) is 0.400. The topological polar surface area (TPSA) is 63.7 Å². The number of amides is 1. The number of nitrogens with one attached hydrogen (secondary N) is 1. The van der Waals surface area contributed by atoms with Gasteiger partial charge in [-0.1, -0.05) is 44.2 Å². The SMILES string of the molecule is CC(C)CCN1CCOCCOc2ccc(C(=O)NCc3cccnc3)cc2Cc2cccc(c2)C1. The van der Waals surface area contributed by atoms with E-state index >= 15 is 0 Å². The van der Waals surface area contributed by atoms with Crippen LogP contribution in [0.1, 0.15) is 52.9 Å². The van der Waals surface area contributed by atoms with Crippen molar-refractivity contribution in [1.29, 1.82) is 0 Å². The maximum Gasteiger partial charge on any atom is 0.251 e. The maximum absolute atomic E-state index is 12.9. The molecule has 0 saturated heterocycles. The van der Waals surface area contributed by atoms with Gasteiger partial charge in [-0.2, -0.15) is 0 Å². The molecule has 2 aromatic carbocycles. The molecule has 1 amide bonds. The molecule has 0 radical (unpaired) electrons. The van der Waals surface area contributed by atoms with Gasteiger partial charge in [0.15, 0.2) is 0 Å². The second-order valence-corrected chi connectivity index (χ2v) is 9.78. The lowest BCUT2D eigenvalue weighted by Gasteiger charge is -2.24. The number of hydrogen-bond donors (Lipinski definition) is 1. The number of aromatic nitrogens is 1. The summed E-state index contributed by atoms with van der Waals surface area (Å²) >= 11 is 0. The van der Waals surface area contributed by atoms with Crippen molar-refractivity contribution in [3.05, 3.63) is 94.8 Å². The first-order valence-electron chi connectivity index (χ1n) is 12.9. The van der Waals surface area contributed by atoms with E-state index in [0.29, 0.717) is 44.3 Å². The van der Waals surface area contributed by atoms with E-state index in [9.17, 15) is 4.79 Å². The van der Waals surface area contributed by atoms with Crippen LogP contribution in [-0.2, 0) is 24.2 Å². The second kappa shape index (κ2) is 13.2. The van der Waals surface area contributed by atoms with Gasteiger partial charge in [0.05, 0.1) is 13.2 Å². The van der Waals surface area contributed by atoms with E-state index in [1.807, 2.05) is 30.3 Å². The number of carbonyl (C=O) groups excluding carboxylic acids is 1. The summed E-state index contributed by atoms with van der Waals surface area (Å²) in [6.07, 6.45) is 5.35. The van der Waals surface area contributed by atoms with E-state index in [4.69, 9.17) is 9.47 Å². The molecule has 1 N–H and O–H groups in total. The molecule has 0 spiro atoms. The summed E-state index contributed by atoms with van der Waals surface area (Å²) in [5, 5.41) is 2.99. The van der Waals surface area contributed by atoms with Crippen LogP contribution in [0.25, 0.3) is 0 Å². The van der Waals surface area contributed by atoms with Gasteiger partial charge in [0.25, 0.3) is 5.91 Å². The molecule has 2 bridgehead atoms. The monoisotopic (exact) mass is 487 g/mol. The van der Waals surface area contributed by atoms with Crippen LogP contribution in [0, 0.1) is 5.92 Å². The molecule has 190 valence electrons. The van der Waals surface area contributed by atoms with E-state index in [2.05, 4.69) is 53.3 Å². The van der Waals surface area contributed by atoms with Crippen LogP contribution in [-0.4, -0.2) is 48.7 Å². The summed E-state index contributed by atoms with van der Waals surface area (Å²) < 4.78 is 12.0. The Balaban J connectivity index is 1.52. The highest BCUT2D eigenvalue weighted by atomic mass is 16.5. The lowest BCUT2D eigenvalue weighted by molar-refractivity contribution is 0.0764. The van der Waals surface area contributed by atoms with Crippen molar-refractivity contribution in [2.45, 2.75) is 39.8 Å². The molecular weight excluding hydrogens is 450 g/mol. The van der Waals surface area contributed by atoms with E-state index in [1.165, 1.54) is 17.5 Å². The Labute approximate surface area is 214 Å². The van der Waals surface area contributed by atoms with E-state index in [1.54, 1.807) is 12.4 Å². The molecule has 0 atom stereocenters. The van der Waals surface area contributed by atoms with Gasteiger partial charge >= 0.3 is 0 Å². The minimum Gasteiger partial charge on any atom is -0.491 e. The van der Waals surface area contributed by atoms with Gasteiger partial charge in [-0.15, -0.1) is 0 Å². The van der Waals surface area contributed by atoms with Crippen LogP contribution in [0.2, 0.25) is 0 Å². The lowest BCUT2D eigenvalue weighted by Crippen LogP contribution is -2.29. The molecule has 0 unspecified atom stereocenters. The van der Waals surface area contributed by atoms with Gasteiger partial charge in [0.2, 0.25) is 0 Å². The van der Waals surface area contributed by atoms with Gasteiger partial charge in [0.1, 0.15) is 12.4 Å². The first kappa shape index (κ1) is 25.9. The van der Waals surface area contributed by atoms with Gasteiger partial charge in [0, 0.05) is 44.0 Å². The van der Waals surface area contributed by atoms with Crippen molar-refractivity contribution in [1.82, 2.24) is 15.2 Å². The summed E-state index contributed by atoms with van der Waals surface area (Å²) in [6.45, 7) is 9.54. The zero-order valence-corrected chi connectivity index (χ0v) is 21.4. The third kappa shape index (κ3) is 7.90. The summed E-state index contributed by atoms with van der Waals surface area (Å²) in [7, 11) is 0. The minimum absolute atomic E-state index is 0.112. The predicted molar refractivity (Wildman–Crippen MR) is 142 cm³/mol. The molecule has 4 rings (SSSR count). The molecule has 36 heavy (non-hydrogen) atoms. The third-order valence-electron chi connectivity index (χ3n) is 6.35. The van der Waals surface area contributed by atoms with Gasteiger partial charge in [-0.3, -0.25) is 14.7 Å². The summed E-state index contributed by atoms with van der Waals surface area (Å²) in [6, 6.07) is 18.2. The molecule has 2 heterocycles. The fourth-order valence-electron chi connectivity index (χ4n) is 4.32. The Kier molecular flexibility index (Phi) is 9.47. The van der Waals surface area contributed by atoms with Crippen LogP contribution in [0.3, 0.4) is 0 Å². The van der Waals surface area contributed by atoms with Crippen molar-refractivity contribution in [3.63, 3.8) is 0 Å². The number of ether oxygens (including phenoxy) is 2. The molecule has 3 aromatic rings. The Hall–Kier alpha value is -3.22. The van der Waals surface area contributed by atoms with E-state index in [0.717, 1.165) is 36.5 Å². The average molecular weight is 488 g/mol. The van der Waals surface area contributed by atoms with Crippen LogP contribution in [0.5, 0.6) is 5.75 Å². The maximum atomic E-state index is 12.9. The number of rotatable bonds is 6. The summed E-state index contributed by atoms with van der Waals surface area (Å²) in [5.74, 6) is 1.35. The van der Waals surface area contributed by atoms with Crippen molar-refractivity contribution < 1.29 is 14.3 Å². The summed E-state index contributed by atoms with van der Waals surface area (Å²) in [5.41, 5.74) is 5.08. The zero-order valence-electron chi connectivity index (χ0n) is 21.4. The number of fused-ring (bicyclic) bond motifs is 3. The normalized spacial score (nSPS) is 15.0. The smallest absolute Gasteiger partial charge is 0.251 e. The standard InChI is InChI=1S/C30H37N3O3/c1-23(2)10-12-33-13-14-35-15-16-36-29-9-8-27(30(34)32-21-26-7-4-11-31-20-26)19-28(29)18-24-5-3-6-25(17-24)22-33/h3-9,11,17,19-20,23H,10,12-16,18,21-22H2,1-2H3,(H,32,34). The molecule has 0 fully saturated rings. The number of carbonyl (C=O) groups is 1. The first-order chi connectivity index (χ1) is 17.6. The molecule has 1 aliphatic heterocycles. The Morgan fingerprint density at radius 3 is 2.78 bits per heavy atom. The minimum atomic E-state index is -0.112. The van der Waals surface area contributed by atoms with Crippen molar-refractivity contribution >= 4 is 5.91 Å². The Morgan fingerprint density at radius 1 is 1.06 bits per heavy atom. The third-order valence-corrected chi connectivity index (χ3v) is 6.35. The van der Waals surface area contributed by atoms with Gasteiger partial charge in [-0.25, -0.2) is 0 Å². The molecule has 1 aliphatic rings. The largest absolute Gasteiger partial charge is 0.491 e. The van der Waals surface area contributed by atoms with Crippen LogP contribution in [0.4, 0.5) is 0 Å². The van der Waals surface area contributed by atoms with Crippen LogP contribution < -0.4 is 10.1 Å². The molecule has 0 aliphatic carbocycles. The highest BCUT2D eigenvalue weighted by Gasteiger charge is 2.14. The van der Waals surface area contributed by atoms with Crippen molar-refractivity contribution in [2.75, 3.05) is 32.9 Å². The van der Waals surface area contributed by atoms with Gasteiger partial charge < -0.3 is 14.8 Å². The van der Waals surface area contributed by atoms with Gasteiger partial charge in [-0.05, 0) is 65.4 Å². The molecule has 0 saturated carbocycles. The highest BCUT2D eigenvalue weighted by Crippen LogP contribution is 2.25. The number of pyridine rings is 1. The Morgan fingerprint density at radius 2 is 1.94 bits per heavy atom. The summed E-state index contributed by atoms with van der Waals surface area (Å²) in [4.78, 5) is 19.5. The Bertz CT molecular complexity index is 1120. The number of nitrogens with zero attached hydrogens (tertiary/aromatic N) is 2. The predicted octanol–water partition coefficient (Wildman–Crippen LogP) is 4.86. The van der Waals surface area contributed by atoms with Crippen LogP contribution in [0.15, 0.2) is 67.0 Å². The highest BCUT2D eigenvalue weighted by molar-refractivity contribution is 5.94. The second-order valence-electron chi connectivity index (χ2n) is 9.78. The van der Waals surface area contributed by atoms with E-state index < -0.39 is 0 Å². The zero-order chi connectivity index (χ0) is 25.2. The molecule has 6 heteroatoms. The lowest BCUT2D eigenvalue weighted by atomic mass is 9.99. The molecular formula is C30H37N3O3. The van der Waals surface area contributed by atoms with E-state index in [-0.39, 0.29) is 5.91 Å². The van der Waals surface area contributed by atoms with Crippen LogP contribution >= 0.6 is 0 Å².